The van der Waals surface area contributed by atoms with E-state index in [0.717, 1.165) is 54.1 Å². The van der Waals surface area contributed by atoms with Gasteiger partial charge in [0.1, 0.15) is 0 Å². The number of anilines is 3. The first-order chi connectivity index (χ1) is 19.0. The summed E-state index contributed by atoms with van der Waals surface area (Å²) in [5.41, 5.74) is 6.82. The number of nitrogens with one attached hydrogen (secondary N) is 1. The molecule has 7 heteroatoms. The number of aromatic nitrogens is 3. The van der Waals surface area contributed by atoms with E-state index in [0.29, 0.717) is 23.4 Å². The number of pyridine rings is 1. The lowest BCUT2D eigenvalue weighted by atomic mass is 10.0. The number of fused-ring (bicyclic) bond motifs is 1. The van der Waals surface area contributed by atoms with Crippen LogP contribution in [0.5, 0.6) is 0 Å². The highest BCUT2D eigenvalue weighted by Crippen LogP contribution is 2.27. The molecule has 1 N–H and O–H groups in total. The number of rotatable bonds is 6. The van der Waals surface area contributed by atoms with Crippen LogP contribution >= 0.6 is 0 Å². The normalized spacial score (nSPS) is 14.1. The first-order valence-electron chi connectivity index (χ1n) is 13.4. The first-order valence-corrected chi connectivity index (χ1v) is 13.4. The maximum absolute atomic E-state index is 13.6. The Hall–Kier alpha value is -4.49. The second-order valence-corrected chi connectivity index (χ2v) is 10.2. The van der Waals surface area contributed by atoms with E-state index in [-0.39, 0.29) is 5.56 Å². The highest BCUT2D eigenvalue weighted by atomic mass is 16.1. The smallest absolute Gasteiger partial charge is 0.261 e. The number of hydrogen-bond acceptors (Lipinski definition) is 6. The quantitative estimate of drug-likeness (QED) is 0.330. The van der Waals surface area contributed by atoms with Crippen molar-refractivity contribution in [2.24, 2.45) is 0 Å². The minimum absolute atomic E-state index is 0.101. The van der Waals surface area contributed by atoms with Crippen LogP contribution in [0.3, 0.4) is 0 Å². The largest absolute Gasteiger partial charge is 0.369 e. The molecule has 0 spiro atoms. The average Bonchev–Trinajstić information content (AvgIpc) is 2.97. The summed E-state index contributed by atoms with van der Waals surface area (Å²) < 4.78 is 1.76. The number of hydrogen-bond donors (Lipinski definition) is 1. The van der Waals surface area contributed by atoms with Crippen molar-refractivity contribution in [3.8, 4) is 11.1 Å². The van der Waals surface area contributed by atoms with Gasteiger partial charge in [0.2, 0.25) is 5.95 Å². The van der Waals surface area contributed by atoms with Crippen LogP contribution in [0, 0.1) is 6.92 Å². The summed E-state index contributed by atoms with van der Waals surface area (Å²) in [5.74, 6) is 0.461. The zero-order chi connectivity index (χ0) is 26.8. The molecule has 0 aliphatic carbocycles. The standard InChI is InChI=1S/C32H32N6O/c1-23-8-6-7-11-25(23)21-38-22-29(24-9-4-3-5-10-24)30-28(31(38)39)20-33-32(35-30)34-26-12-14-27(15-13-26)37-18-16-36(2)17-19-37/h3-15,20,22H,16-19,21H2,1-2H3,(H,33,34,35). The van der Waals surface area contributed by atoms with Crippen LogP contribution in [0.4, 0.5) is 17.3 Å². The molecule has 0 radical (unpaired) electrons. The van der Waals surface area contributed by atoms with Crippen molar-refractivity contribution in [1.29, 1.82) is 0 Å². The Balaban J connectivity index is 1.34. The molecule has 3 heterocycles. The fourth-order valence-electron chi connectivity index (χ4n) is 5.10. The number of piperazine rings is 1. The van der Waals surface area contributed by atoms with Gasteiger partial charge in [0.05, 0.1) is 17.4 Å². The van der Waals surface area contributed by atoms with Gasteiger partial charge in [-0.1, -0.05) is 54.6 Å². The number of aryl methyl sites for hydroxylation is 1. The van der Waals surface area contributed by atoms with E-state index < -0.39 is 0 Å². The van der Waals surface area contributed by atoms with Gasteiger partial charge in [0, 0.05) is 55.5 Å². The number of likely N-dealkylation sites (N-methyl/N-ethyl adjacent to an activating group) is 1. The SMILES string of the molecule is Cc1ccccc1Cn1cc(-c2ccccc2)c2nc(Nc3ccc(N4CCN(C)CC4)cc3)ncc2c1=O. The van der Waals surface area contributed by atoms with Gasteiger partial charge in [0.15, 0.2) is 0 Å². The third kappa shape index (κ3) is 5.26. The van der Waals surface area contributed by atoms with Crippen molar-refractivity contribution in [1.82, 2.24) is 19.4 Å². The van der Waals surface area contributed by atoms with Gasteiger partial charge in [-0.15, -0.1) is 0 Å². The van der Waals surface area contributed by atoms with Gasteiger partial charge in [-0.25, -0.2) is 9.97 Å². The zero-order valence-corrected chi connectivity index (χ0v) is 22.3. The molecule has 1 aliphatic rings. The highest BCUT2D eigenvalue weighted by Gasteiger charge is 2.16. The third-order valence-corrected chi connectivity index (χ3v) is 7.50. The minimum atomic E-state index is -0.101. The summed E-state index contributed by atoms with van der Waals surface area (Å²) in [6.07, 6.45) is 3.57. The molecule has 0 atom stereocenters. The van der Waals surface area contributed by atoms with Crippen molar-refractivity contribution >= 4 is 28.2 Å². The lowest BCUT2D eigenvalue weighted by Gasteiger charge is -2.34. The van der Waals surface area contributed by atoms with E-state index in [9.17, 15) is 4.79 Å². The van der Waals surface area contributed by atoms with Crippen LogP contribution in [-0.4, -0.2) is 52.7 Å². The maximum Gasteiger partial charge on any atom is 0.261 e. The maximum atomic E-state index is 13.6. The molecule has 0 saturated carbocycles. The van der Waals surface area contributed by atoms with E-state index in [1.54, 1.807) is 10.8 Å². The van der Waals surface area contributed by atoms with Crippen molar-refractivity contribution in [2.75, 3.05) is 43.4 Å². The van der Waals surface area contributed by atoms with Gasteiger partial charge in [0.25, 0.3) is 5.56 Å². The summed E-state index contributed by atoms with van der Waals surface area (Å²) in [4.78, 5) is 27.7. The molecule has 1 saturated heterocycles. The molecular weight excluding hydrogens is 484 g/mol. The second-order valence-electron chi connectivity index (χ2n) is 10.2. The van der Waals surface area contributed by atoms with Crippen molar-refractivity contribution in [3.05, 3.63) is 113 Å². The topological polar surface area (TPSA) is 66.3 Å². The second kappa shape index (κ2) is 10.7. The fraction of sp³-hybridized carbons (Fsp3) is 0.219. The Bertz CT molecular complexity index is 1650. The molecule has 2 aromatic heterocycles. The van der Waals surface area contributed by atoms with Crippen LogP contribution in [0.15, 0.2) is 96.1 Å². The molecule has 0 unspecified atom stereocenters. The van der Waals surface area contributed by atoms with Crippen LogP contribution in [-0.2, 0) is 6.54 Å². The van der Waals surface area contributed by atoms with Crippen molar-refractivity contribution < 1.29 is 0 Å². The molecule has 1 fully saturated rings. The van der Waals surface area contributed by atoms with Crippen molar-refractivity contribution in [3.63, 3.8) is 0 Å². The Morgan fingerprint density at radius 2 is 1.59 bits per heavy atom. The monoisotopic (exact) mass is 516 g/mol. The molecule has 0 bridgehead atoms. The highest BCUT2D eigenvalue weighted by molar-refractivity contribution is 5.93. The average molecular weight is 517 g/mol. The van der Waals surface area contributed by atoms with E-state index in [1.165, 1.54) is 5.69 Å². The lowest BCUT2D eigenvalue weighted by Crippen LogP contribution is -2.44. The van der Waals surface area contributed by atoms with Crippen molar-refractivity contribution in [2.45, 2.75) is 13.5 Å². The van der Waals surface area contributed by atoms with Gasteiger partial charge in [-0.05, 0) is 54.9 Å². The molecule has 0 amide bonds. The van der Waals surface area contributed by atoms with Gasteiger partial charge >= 0.3 is 0 Å². The zero-order valence-electron chi connectivity index (χ0n) is 22.3. The number of benzene rings is 3. The van der Waals surface area contributed by atoms with Gasteiger partial charge in [-0.2, -0.15) is 0 Å². The first kappa shape index (κ1) is 24.8. The minimum Gasteiger partial charge on any atom is -0.369 e. The molecule has 6 rings (SSSR count). The summed E-state index contributed by atoms with van der Waals surface area (Å²) in [5, 5.41) is 3.84. The number of nitrogens with zero attached hydrogens (tertiary/aromatic N) is 5. The Morgan fingerprint density at radius 1 is 0.872 bits per heavy atom. The van der Waals surface area contributed by atoms with Crippen LogP contribution in [0.2, 0.25) is 0 Å². The summed E-state index contributed by atoms with van der Waals surface area (Å²) in [6.45, 7) is 6.75. The molecule has 7 nitrogen and oxygen atoms in total. The third-order valence-electron chi connectivity index (χ3n) is 7.50. The summed E-state index contributed by atoms with van der Waals surface area (Å²) in [6, 6.07) is 26.6. The van der Waals surface area contributed by atoms with E-state index in [1.807, 2.05) is 48.7 Å². The molecule has 196 valence electrons. The predicted molar refractivity (Wildman–Crippen MR) is 159 cm³/mol. The molecule has 1 aliphatic heterocycles. The van der Waals surface area contributed by atoms with E-state index in [2.05, 4.69) is 70.5 Å². The summed E-state index contributed by atoms with van der Waals surface area (Å²) in [7, 11) is 2.16. The van der Waals surface area contributed by atoms with Crippen LogP contribution in [0.1, 0.15) is 11.1 Å². The van der Waals surface area contributed by atoms with Crippen LogP contribution in [0.25, 0.3) is 22.0 Å². The molecule has 5 aromatic rings. The lowest BCUT2D eigenvalue weighted by molar-refractivity contribution is 0.313. The van der Waals surface area contributed by atoms with E-state index in [4.69, 9.17) is 4.98 Å². The molecule has 39 heavy (non-hydrogen) atoms. The fourth-order valence-corrected chi connectivity index (χ4v) is 5.10. The molecular formula is C32H32N6O. The Kier molecular flexibility index (Phi) is 6.82. The molecule has 3 aromatic carbocycles. The van der Waals surface area contributed by atoms with Gasteiger partial charge in [-0.3, -0.25) is 4.79 Å². The Labute approximate surface area is 228 Å². The van der Waals surface area contributed by atoms with E-state index >= 15 is 0 Å². The predicted octanol–water partition coefficient (Wildman–Crippen LogP) is 5.31. The van der Waals surface area contributed by atoms with Crippen LogP contribution < -0.4 is 15.8 Å². The van der Waals surface area contributed by atoms with Gasteiger partial charge < -0.3 is 19.7 Å². The summed E-state index contributed by atoms with van der Waals surface area (Å²) >= 11 is 0. The Morgan fingerprint density at radius 3 is 2.33 bits per heavy atom.